The van der Waals surface area contributed by atoms with Crippen LogP contribution in [0.2, 0.25) is 0 Å². The van der Waals surface area contributed by atoms with Crippen molar-refractivity contribution in [1.82, 2.24) is 4.90 Å². The highest BCUT2D eigenvalue weighted by Crippen LogP contribution is 2.29. The Morgan fingerprint density at radius 1 is 1.36 bits per heavy atom. The molecule has 0 bridgehead atoms. The molecule has 0 fully saturated rings. The molecule has 25 heavy (non-hydrogen) atoms. The summed E-state index contributed by atoms with van der Waals surface area (Å²) in [6.07, 6.45) is 5.88. The minimum Gasteiger partial charge on any atom is -0.287 e. The van der Waals surface area contributed by atoms with Crippen molar-refractivity contribution in [3.05, 3.63) is 52.0 Å². The highest BCUT2D eigenvalue weighted by Gasteiger charge is 2.29. The second-order valence-electron chi connectivity index (χ2n) is 5.46. The number of nitrogens with zero attached hydrogens (tertiary/aromatic N) is 2. The number of amides is 1. The molecule has 1 heterocycles. The van der Waals surface area contributed by atoms with E-state index in [4.69, 9.17) is 4.99 Å². The minimum atomic E-state index is -0.0473. The van der Waals surface area contributed by atoms with E-state index in [1.54, 1.807) is 28.4 Å². The molecule has 1 unspecified atom stereocenters. The van der Waals surface area contributed by atoms with E-state index in [-0.39, 0.29) is 11.3 Å². The van der Waals surface area contributed by atoms with Gasteiger partial charge in [-0.3, -0.25) is 14.7 Å². The lowest BCUT2D eigenvalue weighted by Gasteiger charge is -2.30. The minimum absolute atomic E-state index is 0.0473. The van der Waals surface area contributed by atoms with Gasteiger partial charge in [-0.1, -0.05) is 31.2 Å². The number of thioether (sulfide) groups is 2. The quantitative estimate of drug-likeness (QED) is 0.551. The average molecular weight is 439 g/mol. The first-order valence-electron chi connectivity index (χ1n) is 8.18. The van der Waals surface area contributed by atoms with E-state index in [9.17, 15) is 4.79 Å². The number of halogens is 1. The zero-order valence-electron chi connectivity index (χ0n) is 15.0. The molecule has 0 spiro atoms. The van der Waals surface area contributed by atoms with Gasteiger partial charge in [0.05, 0.1) is 16.4 Å². The third-order valence-corrected chi connectivity index (χ3v) is 6.16. The lowest BCUT2D eigenvalue weighted by Crippen LogP contribution is -2.40. The molecular weight excluding hydrogens is 416 g/mol. The Morgan fingerprint density at radius 3 is 2.72 bits per heavy atom. The molecule has 3 nitrogen and oxygen atoms in total. The zero-order chi connectivity index (χ0) is 18.4. The summed E-state index contributed by atoms with van der Waals surface area (Å²) < 4.78 is 0.567. The van der Waals surface area contributed by atoms with Crippen LogP contribution in [0.3, 0.4) is 0 Å². The fourth-order valence-electron chi connectivity index (χ4n) is 2.47. The average Bonchev–Trinajstić information content (AvgIpc) is 2.62. The van der Waals surface area contributed by atoms with Crippen LogP contribution in [0.25, 0.3) is 0 Å². The largest absolute Gasteiger partial charge is 0.287 e. The van der Waals surface area contributed by atoms with Crippen molar-refractivity contribution < 1.29 is 4.79 Å². The van der Waals surface area contributed by atoms with Gasteiger partial charge < -0.3 is 0 Å². The summed E-state index contributed by atoms with van der Waals surface area (Å²) >= 11 is 6.87. The van der Waals surface area contributed by atoms with Crippen LogP contribution in [0.5, 0.6) is 0 Å². The van der Waals surface area contributed by atoms with Gasteiger partial charge in [-0.15, -0.1) is 23.5 Å². The standard InChI is InChI=1S/C19H23BrN2OS2/c1-5-14-11-16(20)19(23)22(18(14)21-13(3)24-4)12-15-9-7-8-10-17(15)25-6-2/h5,7-11,13H,6,12H2,1-4H3/b14-5-,21-18+. The first kappa shape index (κ1) is 20.3. The number of allylic oxidation sites excluding steroid dienone is 1. The molecule has 2 rings (SSSR count). The fraction of sp³-hybridized carbons (Fsp3) is 0.368. The van der Waals surface area contributed by atoms with E-state index in [1.165, 1.54) is 4.90 Å². The Hall–Kier alpha value is -0.980. The van der Waals surface area contributed by atoms with Crippen molar-refractivity contribution in [2.45, 2.75) is 37.6 Å². The molecule has 0 aliphatic carbocycles. The van der Waals surface area contributed by atoms with Crippen molar-refractivity contribution in [3.63, 3.8) is 0 Å². The van der Waals surface area contributed by atoms with Gasteiger partial charge in [0.2, 0.25) is 0 Å². The van der Waals surface area contributed by atoms with Crippen molar-refractivity contribution in [2.75, 3.05) is 12.0 Å². The molecule has 134 valence electrons. The molecule has 0 N–H and O–H groups in total. The molecule has 1 amide bonds. The van der Waals surface area contributed by atoms with Crippen LogP contribution >= 0.6 is 39.5 Å². The third kappa shape index (κ3) is 5.02. The Labute approximate surface area is 167 Å². The number of carbonyl (C=O) groups is 1. The fourth-order valence-corrected chi connectivity index (χ4v) is 3.94. The second-order valence-corrected chi connectivity index (χ2v) is 8.77. The number of carbonyl (C=O) groups excluding carboxylic acids is 1. The number of rotatable bonds is 6. The molecule has 1 aliphatic heterocycles. The summed E-state index contributed by atoms with van der Waals surface area (Å²) in [6, 6.07) is 8.26. The number of hydrogen-bond acceptors (Lipinski definition) is 4. The number of amidine groups is 1. The normalized spacial score (nSPS) is 19.5. The smallest absolute Gasteiger partial charge is 0.266 e. The number of aliphatic imine (C=N–C) groups is 1. The van der Waals surface area contributed by atoms with E-state index >= 15 is 0 Å². The first-order valence-corrected chi connectivity index (χ1v) is 11.3. The molecule has 1 aromatic carbocycles. The van der Waals surface area contributed by atoms with Crippen molar-refractivity contribution in [3.8, 4) is 0 Å². The molecule has 1 atom stereocenters. The maximum Gasteiger partial charge on any atom is 0.266 e. The molecule has 0 aromatic heterocycles. The Morgan fingerprint density at radius 2 is 2.08 bits per heavy atom. The Balaban J connectivity index is 2.46. The van der Waals surface area contributed by atoms with Gasteiger partial charge in [-0.2, -0.15) is 0 Å². The van der Waals surface area contributed by atoms with Gasteiger partial charge >= 0.3 is 0 Å². The van der Waals surface area contributed by atoms with Crippen LogP contribution in [-0.2, 0) is 11.3 Å². The SMILES string of the molecule is C/C=C1/C=C(Br)C(=O)N(Cc2ccccc2SCC)/C1=N/C(C)SC. The molecule has 0 saturated carbocycles. The zero-order valence-corrected chi connectivity index (χ0v) is 18.2. The predicted molar refractivity (Wildman–Crippen MR) is 115 cm³/mol. The van der Waals surface area contributed by atoms with E-state index in [0.717, 1.165) is 22.7 Å². The topological polar surface area (TPSA) is 32.7 Å². The van der Waals surface area contributed by atoms with Crippen LogP contribution in [-0.4, -0.2) is 34.0 Å². The highest BCUT2D eigenvalue weighted by atomic mass is 79.9. The second kappa shape index (κ2) is 9.64. The number of benzene rings is 1. The Kier molecular flexibility index (Phi) is 7.84. The first-order chi connectivity index (χ1) is 12.0. The van der Waals surface area contributed by atoms with Crippen molar-refractivity contribution in [1.29, 1.82) is 0 Å². The van der Waals surface area contributed by atoms with Crippen LogP contribution in [0.4, 0.5) is 0 Å². The maximum absolute atomic E-state index is 12.8. The maximum atomic E-state index is 12.8. The van der Waals surface area contributed by atoms with Gasteiger partial charge in [-0.25, -0.2) is 0 Å². The van der Waals surface area contributed by atoms with Crippen LogP contribution < -0.4 is 0 Å². The van der Waals surface area contributed by atoms with Gasteiger partial charge in [-0.05, 0) is 59.5 Å². The molecule has 0 radical (unpaired) electrons. The van der Waals surface area contributed by atoms with E-state index in [1.807, 2.05) is 44.4 Å². The van der Waals surface area contributed by atoms with Crippen molar-refractivity contribution >= 4 is 51.2 Å². The third-order valence-electron chi connectivity index (χ3n) is 3.80. The molecule has 0 saturated heterocycles. The predicted octanol–water partition coefficient (Wildman–Crippen LogP) is 5.47. The van der Waals surface area contributed by atoms with Gasteiger partial charge in [0.1, 0.15) is 5.84 Å². The van der Waals surface area contributed by atoms with Crippen molar-refractivity contribution in [2.24, 2.45) is 4.99 Å². The van der Waals surface area contributed by atoms with Crippen LogP contribution in [0.15, 0.2) is 56.4 Å². The summed E-state index contributed by atoms with van der Waals surface area (Å²) in [7, 11) is 0. The monoisotopic (exact) mass is 438 g/mol. The van der Waals surface area contributed by atoms with Crippen LogP contribution in [0, 0.1) is 0 Å². The van der Waals surface area contributed by atoms with E-state index < -0.39 is 0 Å². The molecular formula is C19H23BrN2OS2. The van der Waals surface area contributed by atoms with E-state index in [0.29, 0.717) is 11.0 Å². The Bertz CT molecular complexity index is 728. The van der Waals surface area contributed by atoms with Gasteiger partial charge in [0.15, 0.2) is 0 Å². The summed E-state index contributed by atoms with van der Waals surface area (Å²) in [5, 5.41) is 0.0887. The van der Waals surface area contributed by atoms with Crippen LogP contribution in [0.1, 0.15) is 26.3 Å². The van der Waals surface area contributed by atoms with E-state index in [2.05, 4.69) is 35.0 Å². The summed E-state index contributed by atoms with van der Waals surface area (Å²) in [5.41, 5.74) is 2.11. The molecule has 1 aliphatic rings. The highest BCUT2D eigenvalue weighted by molar-refractivity contribution is 9.12. The molecule has 1 aromatic rings. The molecule has 6 heteroatoms. The van der Waals surface area contributed by atoms with Gasteiger partial charge in [0, 0.05) is 10.5 Å². The number of hydrogen-bond donors (Lipinski definition) is 0. The van der Waals surface area contributed by atoms with Gasteiger partial charge in [0.25, 0.3) is 5.91 Å². The lowest BCUT2D eigenvalue weighted by atomic mass is 10.1. The summed E-state index contributed by atoms with van der Waals surface area (Å²) in [4.78, 5) is 20.6. The lowest BCUT2D eigenvalue weighted by molar-refractivity contribution is -0.123. The summed E-state index contributed by atoms with van der Waals surface area (Å²) in [6.45, 7) is 6.67. The summed E-state index contributed by atoms with van der Waals surface area (Å²) in [5.74, 6) is 1.70.